The zero-order valence-electron chi connectivity index (χ0n) is 15.2. The number of carbonyl (C=O) groups excluding carboxylic acids is 2. The lowest BCUT2D eigenvalue weighted by Gasteiger charge is -2.28. The molecule has 0 aliphatic carbocycles. The van der Waals surface area contributed by atoms with Gasteiger partial charge in [-0.1, -0.05) is 18.2 Å². The molecule has 1 saturated heterocycles. The first kappa shape index (κ1) is 18.5. The Morgan fingerprint density at radius 3 is 2.69 bits per heavy atom. The second kappa shape index (κ2) is 8.36. The maximum atomic E-state index is 12.9. The fourth-order valence-electron chi connectivity index (χ4n) is 3.27. The molecule has 0 N–H and O–H groups in total. The molecule has 1 unspecified atom stereocenters. The number of likely N-dealkylation sites (N-methyl/N-ethyl adjacent to an activating group) is 1. The van der Waals surface area contributed by atoms with E-state index in [4.69, 9.17) is 4.74 Å². The van der Waals surface area contributed by atoms with Crippen molar-refractivity contribution in [1.82, 2.24) is 9.80 Å². The van der Waals surface area contributed by atoms with Crippen LogP contribution in [0.3, 0.4) is 0 Å². The maximum Gasteiger partial charge on any atom is 0.264 e. The molecule has 26 heavy (non-hydrogen) atoms. The summed E-state index contributed by atoms with van der Waals surface area (Å²) in [4.78, 5) is 29.7. The van der Waals surface area contributed by atoms with Crippen LogP contribution in [0.25, 0.3) is 0 Å². The second-order valence-corrected chi connectivity index (χ2v) is 7.35. The molecule has 1 aliphatic heterocycles. The Balaban J connectivity index is 1.64. The van der Waals surface area contributed by atoms with Gasteiger partial charge in [-0.15, -0.1) is 11.3 Å². The highest BCUT2D eigenvalue weighted by molar-refractivity contribution is 7.12. The Kier molecular flexibility index (Phi) is 5.93. The smallest absolute Gasteiger partial charge is 0.264 e. The van der Waals surface area contributed by atoms with Gasteiger partial charge in [-0.05, 0) is 48.9 Å². The summed E-state index contributed by atoms with van der Waals surface area (Å²) >= 11 is 1.42. The van der Waals surface area contributed by atoms with Gasteiger partial charge < -0.3 is 14.5 Å². The number of nitrogens with zero attached hydrogens (tertiary/aromatic N) is 2. The monoisotopic (exact) mass is 372 g/mol. The third-order valence-corrected chi connectivity index (χ3v) is 5.42. The molecule has 1 fully saturated rings. The van der Waals surface area contributed by atoms with E-state index in [1.165, 1.54) is 11.3 Å². The first-order valence-electron chi connectivity index (χ1n) is 8.91. The highest BCUT2D eigenvalue weighted by Gasteiger charge is 2.36. The van der Waals surface area contributed by atoms with Crippen LogP contribution in [-0.2, 0) is 11.3 Å². The van der Waals surface area contributed by atoms with Crippen LogP contribution in [0.15, 0.2) is 41.8 Å². The molecule has 138 valence electrons. The molecule has 0 radical (unpaired) electrons. The molecule has 0 bridgehead atoms. The quantitative estimate of drug-likeness (QED) is 0.781. The van der Waals surface area contributed by atoms with Crippen molar-refractivity contribution in [3.05, 3.63) is 52.2 Å². The van der Waals surface area contributed by atoms with Gasteiger partial charge in [-0.25, -0.2) is 0 Å². The summed E-state index contributed by atoms with van der Waals surface area (Å²) in [6.07, 6.45) is 1.59. The molecule has 0 saturated carbocycles. The highest BCUT2D eigenvalue weighted by atomic mass is 32.1. The lowest BCUT2D eigenvalue weighted by molar-refractivity contribution is -0.134. The topological polar surface area (TPSA) is 49.9 Å². The molecule has 2 heterocycles. The van der Waals surface area contributed by atoms with Crippen molar-refractivity contribution in [2.75, 3.05) is 20.2 Å². The number of carbonyl (C=O) groups is 2. The summed E-state index contributed by atoms with van der Waals surface area (Å²) in [5.74, 6) is 0.792. The van der Waals surface area contributed by atoms with Crippen molar-refractivity contribution < 1.29 is 14.3 Å². The van der Waals surface area contributed by atoms with Crippen molar-refractivity contribution in [3.8, 4) is 5.75 Å². The van der Waals surface area contributed by atoms with E-state index in [1.54, 1.807) is 16.8 Å². The van der Waals surface area contributed by atoms with E-state index in [-0.39, 0.29) is 17.9 Å². The third kappa shape index (κ3) is 4.07. The number of hydrogen-bond donors (Lipinski definition) is 0. The summed E-state index contributed by atoms with van der Waals surface area (Å²) in [5, 5.41) is 1.89. The number of ether oxygens (including phenoxy) is 1. The van der Waals surface area contributed by atoms with Gasteiger partial charge in [0.1, 0.15) is 11.8 Å². The Hall–Kier alpha value is -2.34. The summed E-state index contributed by atoms with van der Waals surface area (Å²) in [6.45, 7) is 3.74. The third-order valence-electron chi connectivity index (χ3n) is 4.56. The van der Waals surface area contributed by atoms with Crippen LogP contribution in [0, 0.1) is 0 Å². The van der Waals surface area contributed by atoms with E-state index >= 15 is 0 Å². The average molecular weight is 372 g/mol. The molecule has 5 nitrogen and oxygen atoms in total. The molecule has 2 aromatic rings. The predicted octanol–water partition coefficient (Wildman–Crippen LogP) is 3.41. The van der Waals surface area contributed by atoms with E-state index in [0.717, 1.165) is 24.2 Å². The minimum absolute atomic E-state index is 0.00120. The Labute approximate surface area is 158 Å². The average Bonchev–Trinajstić information content (AvgIpc) is 3.34. The molecule has 1 aromatic carbocycles. The lowest BCUT2D eigenvalue weighted by Crippen LogP contribution is -2.46. The van der Waals surface area contributed by atoms with Crippen molar-refractivity contribution in [3.63, 3.8) is 0 Å². The summed E-state index contributed by atoms with van der Waals surface area (Å²) in [7, 11) is 1.80. The van der Waals surface area contributed by atoms with Crippen LogP contribution in [0.4, 0.5) is 0 Å². The maximum absolute atomic E-state index is 12.9. The molecular formula is C20H24N2O3S. The minimum atomic E-state index is -0.364. The van der Waals surface area contributed by atoms with Gasteiger partial charge in [0.05, 0.1) is 11.5 Å². The number of hydrogen-bond acceptors (Lipinski definition) is 4. The van der Waals surface area contributed by atoms with Crippen molar-refractivity contribution in [2.24, 2.45) is 0 Å². The van der Waals surface area contributed by atoms with Crippen molar-refractivity contribution in [2.45, 2.75) is 32.4 Å². The second-order valence-electron chi connectivity index (χ2n) is 6.41. The highest BCUT2D eigenvalue weighted by Crippen LogP contribution is 2.24. The predicted molar refractivity (Wildman–Crippen MR) is 102 cm³/mol. The SMILES string of the molecule is CCOc1ccc(CN(C)C(=O)C2CCCN2C(=O)c2cccs2)cc1. The summed E-state index contributed by atoms with van der Waals surface area (Å²) in [5.41, 5.74) is 1.04. The zero-order valence-corrected chi connectivity index (χ0v) is 16.0. The largest absolute Gasteiger partial charge is 0.494 e. The van der Waals surface area contributed by atoms with Gasteiger partial charge in [-0.2, -0.15) is 0 Å². The van der Waals surface area contributed by atoms with Crippen molar-refractivity contribution in [1.29, 1.82) is 0 Å². The molecule has 1 aliphatic rings. The number of thiophene rings is 1. The van der Waals surface area contributed by atoms with E-state index in [2.05, 4.69) is 0 Å². The molecular weight excluding hydrogens is 348 g/mol. The number of rotatable bonds is 6. The zero-order chi connectivity index (χ0) is 18.5. The fourth-order valence-corrected chi connectivity index (χ4v) is 3.95. The van der Waals surface area contributed by atoms with E-state index in [1.807, 2.05) is 48.7 Å². The standard InChI is InChI=1S/C20H24N2O3S/c1-3-25-16-10-8-15(9-11-16)14-21(2)19(23)17-6-4-12-22(17)20(24)18-7-5-13-26-18/h5,7-11,13,17H,3-4,6,12,14H2,1-2H3. The van der Waals surface area contributed by atoms with Gasteiger partial charge in [0.25, 0.3) is 5.91 Å². The fraction of sp³-hybridized carbons (Fsp3) is 0.400. The van der Waals surface area contributed by atoms with Gasteiger partial charge in [0.2, 0.25) is 5.91 Å². The molecule has 2 amide bonds. The first-order chi connectivity index (χ1) is 12.6. The number of benzene rings is 1. The van der Waals surface area contributed by atoms with Crippen LogP contribution >= 0.6 is 11.3 Å². The Morgan fingerprint density at radius 2 is 2.04 bits per heavy atom. The number of amides is 2. The number of likely N-dealkylation sites (tertiary alicyclic amines) is 1. The van der Waals surface area contributed by atoms with Crippen LogP contribution < -0.4 is 4.74 Å². The summed E-state index contributed by atoms with van der Waals surface area (Å²) < 4.78 is 5.45. The normalized spacial score (nSPS) is 16.5. The van der Waals surface area contributed by atoms with E-state index in [0.29, 0.717) is 24.6 Å². The van der Waals surface area contributed by atoms with Gasteiger partial charge in [-0.3, -0.25) is 9.59 Å². The van der Waals surface area contributed by atoms with Crippen molar-refractivity contribution >= 4 is 23.2 Å². The molecule has 1 aromatic heterocycles. The molecule has 6 heteroatoms. The Bertz CT molecular complexity index is 743. The van der Waals surface area contributed by atoms with E-state index in [9.17, 15) is 9.59 Å². The lowest BCUT2D eigenvalue weighted by atomic mass is 10.1. The minimum Gasteiger partial charge on any atom is -0.494 e. The molecule has 1 atom stereocenters. The van der Waals surface area contributed by atoms with E-state index < -0.39 is 0 Å². The van der Waals surface area contributed by atoms with Gasteiger partial charge >= 0.3 is 0 Å². The van der Waals surface area contributed by atoms with Crippen LogP contribution in [-0.4, -0.2) is 47.9 Å². The van der Waals surface area contributed by atoms with Crippen LogP contribution in [0.2, 0.25) is 0 Å². The molecule has 0 spiro atoms. The Morgan fingerprint density at radius 1 is 1.27 bits per heavy atom. The van der Waals surface area contributed by atoms with Gasteiger partial charge in [0, 0.05) is 20.1 Å². The summed E-state index contributed by atoms with van der Waals surface area (Å²) in [6, 6.07) is 11.1. The van der Waals surface area contributed by atoms with Crippen LogP contribution in [0.5, 0.6) is 5.75 Å². The van der Waals surface area contributed by atoms with Crippen LogP contribution in [0.1, 0.15) is 35.0 Å². The van der Waals surface area contributed by atoms with Gasteiger partial charge in [0.15, 0.2) is 0 Å². The first-order valence-corrected chi connectivity index (χ1v) is 9.79. The molecule has 3 rings (SSSR count).